The van der Waals surface area contributed by atoms with Crippen LogP contribution in [0.5, 0.6) is 0 Å². The van der Waals surface area contributed by atoms with Gasteiger partial charge in [-0.25, -0.2) is 0 Å². The summed E-state index contributed by atoms with van der Waals surface area (Å²) in [6.45, 7) is 7.32. The van der Waals surface area contributed by atoms with Crippen LogP contribution < -0.4 is 5.32 Å². The van der Waals surface area contributed by atoms with Crippen LogP contribution in [0, 0.1) is 11.8 Å². The lowest BCUT2D eigenvalue weighted by Gasteiger charge is -2.29. The molecule has 88 valence electrons. The lowest BCUT2D eigenvalue weighted by Crippen LogP contribution is -2.37. The van der Waals surface area contributed by atoms with Crippen LogP contribution in [0.1, 0.15) is 52.9 Å². The molecule has 2 atom stereocenters. The first-order valence-corrected chi connectivity index (χ1v) is 6.42. The van der Waals surface area contributed by atoms with Gasteiger partial charge in [-0.2, -0.15) is 0 Å². The molecule has 1 rings (SSSR count). The quantitative estimate of drug-likeness (QED) is 0.757. The molecule has 2 heteroatoms. The molecule has 0 radical (unpaired) electrons. The van der Waals surface area contributed by atoms with Gasteiger partial charge in [-0.1, -0.05) is 27.2 Å². The Labute approximate surface area is 93.8 Å². The van der Waals surface area contributed by atoms with E-state index in [9.17, 15) is 4.79 Å². The Bertz CT molecular complexity index is 201. The van der Waals surface area contributed by atoms with Crippen molar-refractivity contribution in [1.82, 2.24) is 5.32 Å². The highest BCUT2D eigenvalue weighted by molar-refractivity contribution is 5.82. The second kappa shape index (κ2) is 6.26. The fourth-order valence-electron chi connectivity index (χ4n) is 2.45. The maximum Gasteiger partial charge on any atom is 0.138 e. The molecule has 2 nitrogen and oxygen atoms in total. The van der Waals surface area contributed by atoms with Crippen molar-refractivity contribution in [3.05, 3.63) is 0 Å². The normalized spacial score (nSPS) is 26.9. The fourth-order valence-corrected chi connectivity index (χ4v) is 2.45. The molecular formula is C13H25NO. The van der Waals surface area contributed by atoms with Gasteiger partial charge in [0.15, 0.2) is 0 Å². The molecule has 0 aliphatic heterocycles. The third-order valence-electron chi connectivity index (χ3n) is 3.33. The van der Waals surface area contributed by atoms with Crippen LogP contribution in [0.4, 0.5) is 0 Å². The molecule has 1 aliphatic carbocycles. The van der Waals surface area contributed by atoms with E-state index < -0.39 is 0 Å². The van der Waals surface area contributed by atoms with E-state index in [1.165, 1.54) is 19.3 Å². The molecule has 0 heterocycles. The third kappa shape index (κ3) is 3.94. The zero-order chi connectivity index (χ0) is 11.3. The predicted octanol–water partition coefficient (Wildman–Crippen LogP) is 2.77. The Morgan fingerprint density at radius 2 is 2.13 bits per heavy atom. The second-order valence-corrected chi connectivity index (χ2v) is 5.07. The van der Waals surface area contributed by atoms with Crippen LogP contribution in [0.25, 0.3) is 0 Å². The summed E-state index contributed by atoms with van der Waals surface area (Å²) in [7, 11) is 0. The predicted molar refractivity (Wildman–Crippen MR) is 63.9 cm³/mol. The highest BCUT2D eigenvalue weighted by atomic mass is 16.1. The van der Waals surface area contributed by atoms with E-state index in [2.05, 4.69) is 12.2 Å². The maximum absolute atomic E-state index is 11.9. The van der Waals surface area contributed by atoms with Crippen LogP contribution in [-0.2, 0) is 4.79 Å². The lowest BCUT2D eigenvalue weighted by atomic mass is 9.80. The molecule has 0 aromatic heterocycles. The van der Waals surface area contributed by atoms with Crippen molar-refractivity contribution in [3.63, 3.8) is 0 Å². The zero-order valence-corrected chi connectivity index (χ0v) is 10.4. The molecule has 0 amide bonds. The highest BCUT2D eigenvalue weighted by Crippen LogP contribution is 2.27. The number of nitrogens with one attached hydrogen (secondary N) is 1. The van der Waals surface area contributed by atoms with Crippen LogP contribution >= 0.6 is 0 Å². The second-order valence-electron chi connectivity index (χ2n) is 5.07. The van der Waals surface area contributed by atoms with Crippen molar-refractivity contribution in [2.45, 2.75) is 58.9 Å². The highest BCUT2D eigenvalue weighted by Gasteiger charge is 2.27. The Kier molecular flexibility index (Phi) is 5.30. The Hall–Kier alpha value is -0.370. The molecule has 0 aromatic carbocycles. The molecule has 0 aromatic rings. The number of carbonyl (C=O) groups is 1. The number of Topliss-reactive ketones (excluding diaryl/α,β-unsaturated/α-hetero) is 1. The lowest BCUT2D eigenvalue weighted by molar-refractivity contribution is -0.127. The fraction of sp³-hybridized carbons (Fsp3) is 0.923. The molecule has 0 saturated heterocycles. The largest absolute Gasteiger partial charge is 0.314 e. The van der Waals surface area contributed by atoms with Gasteiger partial charge in [0.05, 0.1) is 0 Å². The molecule has 0 spiro atoms. The van der Waals surface area contributed by atoms with E-state index in [1.807, 2.05) is 13.8 Å². The molecule has 1 fully saturated rings. The average molecular weight is 211 g/mol. The Morgan fingerprint density at radius 3 is 2.73 bits per heavy atom. The third-order valence-corrected chi connectivity index (χ3v) is 3.33. The van der Waals surface area contributed by atoms with Gasteiger partial charge in [-0.3, -0.25) is 4.79 Å². The summed E-state index contributed by atoms with van der Waals surface area (Å²) in [6.07, 6.45) is 5.82. The molecule has 1 aliphatic rings. The molecule has 0 bridgehead atoms. The van der Waals surface area contributed by atoms with E-state index in [0.29, 0.717) is 17.7 Å². The minimum Gasteiger partial charge on any atom is -0.314 e. The van der Waals surface area contributed by atoms with Crippen LogP contribution in [-0.4, -0.2) is 18.4 Å². The van der Waals surface area contributed by atoms with Gasteiger partial charge in [0.1, 0.15) is 5.78 Å². The average Bonchev–Trinajstić information content (AvgIpc) is 2.25. The number of hydrogen-bond donors (Lipinski definition) is 1. The summed E-state index contributed by atoms with van der Waals surface area (Å²) in [5.74, 6) is 1.01. The first-order valence-electron chi connectivity index (χ1n) is 6.42. The molecule has 1 saturated carbocycles. The number of carbonyl (C=O) groups excluding carboxylic acids is 1. The van der Waals surface area contributed by atoms with Gasteiger partial charge in [0, 0.05) is 17.9 Å². The van der Waals surface area contributed by atoms with Gasteiger partial charge in [-0.05, 0) is 32.2 Å². The van der Waals surface area contributed by atoms with E-state index in [4.69, 9.17) is 0 Å². The van der Waals surface area contributed by atoms with E-state index in [-0.39, 0.29) is 5.92 Å². The van der Waals surface area contributed by atoms with Gasteiger partial charge >= 0.3 is 0 Å². The van der Waals surface area contributed by atoms with Crippen molar-refractivity contribution >= 4 is 5.78 Å². The molecular weight excluding hydrogens is 186 g/mol. The minimum atomic E-state index is 0.208. The first-order chi connectivity index (χ1) is 7.15. The van der Waals surface area contributed by atoms with E-state index >= 15 is 0 Å². The minimum absolute atomic E-state index is 0.208. The Balaban J connectivity index is 2.38. The van der Waals surface area contributed by atoms with Gasteiger partial charge in [-0.15, -0.1) is 0 Å². The summed E-state index contributed by atoms with van der Waals surface area (Å²) >= 11 is 0. The van der Waals surface area contributed by atoms with Crippen molar-refractivity contribution < 1.29 is 4.79 Å². The van der Waals surface area contributed by atoms with E-state index in [0.717, 1.165) is 19.4 Å². The number of rotatable bonds is 5. The van der Waals surface area contributed by atoms with E-state index in [1.54, 1.807) is 0 Å². The summed E-state index contributed by atoms with van der Waals surface area (Å²) in [5.41, 5.74) is 0. The molecule has 2 unspecified atom stereocenters. The summed E-state index contributed by atoms with van der Waals surface area (Å²) in [4.78, 5) is 11.9. The van der Waals surface area contributed by atoms with Crippen molar-refractivity contribution in [1.29, 1.82) is 0 Å². The Morgan fingerprint density at radius 1 is 1.40 bits per heavy atom. The summed E-state index contributed by atoms with van der Waals surface area (Å²) in [6, 6.07) is 0.589. The number of hydrogen-bond acceptors (Lipinski definition) is 2. The maximum atomic E-state index is 11.9. The monoisotopic (exact) mass is 211 g/mol. The van der Waals surface area contributed by atoms with Gasteiger partial charge < -0.3 is 5.32 Å². The van der Waals surface area contributed by atoms with Crippen molar-refractivity contribution in [2.75, 3.05) is 6.54 Å². The molecule has 15 heavy (non-hydrogen) atoms. The zero-order valence-electron chi connectivity index (χ0n) is 10.4. The standard InChI is InChI=1S/C13H25NO/c1-4-8-14-12-7-5-6-11(9-12)13(15)10(2)3/h10-12,14H,4-9H2,1-3H3. The van der Waals surface area contributed by atoms with Crippen molar-refractivity contribution in [2.24, 2.45) is 11.8 Å². The summed E-state index contributed by atoms with van der Waals surface area (Å²) < 4.78 is 0. The summed E-state index contributed by atoms with van der Waals surface area (Å²) in [5, 5.41) is 3.54. The van der Waals surface area contributed by atoms with Gasteiger partial charge in [0.2, 0.25) is 0 Å². The van der Waals surface area contributed by atoms with Crippen molar-refractivity contribution in [3.8, 4) is 0 Å². The number of ketones is 1. The molecule has 1 N–H and O–H groups in total. The van der Waals surface area contributed by atoms with Crippen LogP contribution in [0.3, 0.4) is 0 Å². The SMILES string of the molecule is CCCNC1CCCC(C(=O)C(C)C)C1. The van der Waals surface area contributed by atoms with Gasteiger partial charge in [0.25, 0.3) is 0 Å². The van der Waals surface area contributed by atoms with Crippen LogP contribution in [0.15, 0.2) is 0 Å². The smallest absolute Gasteiger partial charge is 0.138 e. The van der Waals surface area contributed by atoms with Crippen LogP contribution in [0.2, 0.25) is 0 Å². The topological polar surface area (TPSA) is 29.1 Å². The first kappa shape index (κ1) is 12.7.